The molecule has 6 aromatic rings. The molecule has 4 aliphatic heterocycles. The molecule has 0 unspecified atom stereocenters. The smallest absolute Gasteiger partial charge is 0.548 e. The summed E-state index contributed by atoms with van der Waals surface area (Å²) in [4.78, 5) is 68.7. The summed E-state index contributed by atoms with van der Waals surface area (Å²) in [5.74, 6) is 1.80. The van der Waals surface area contributed by atoms with Gasteiger partial charge in [-0.25, -0.2) is 19.9 Å². The van der Waals surface area contributed by atoms with Crippen molar-refractivity contribution < 1.29 is 19.8 Å². The number of carboxylic acids is 2. The normalized spacial score (nSPS) is 19.7. The molecule has 0 bridgehead atoms. The molecular formula is C60H84CaN14O4. The second kappa shape index (κ2) is 28.8. The SMILES string of the molecule is CCC(CC)N1CCC2(CC1)C[C@H](C(=O)[O-])N(Cc1ccc(CN(Cc3ncc[nH]3)Cc3ncc[nH]3)cc1)C2.CCC(CC)N1CCC2(CC1)C[C@H](C(=O)[O-])N(Cc1ccc(CN(Cc3ncc[nH]3)Cc3ncc[nH]3)cc1)C2.[Ca+2]. The number of carboxylic acid groups (broad SMARTS) is 2. The van der Waals surface area contributed by atoms with Gasteiger partial charge in [0.05, 0.1) is 50.2 Å². The van der Waals surface area contributed by atoms with Crippen LogP contribution in [0.2, 0.25) is 0 Å². The molecular weight excluding hydrogens is 1020 g/mol. The van der Waals surface area contributed by atoms with E-state index < -0.39 is 24.0 Å². The van der Waals surface area contributed by atoms with Crippen LogP contribution in [0.1, 0.15) is 137 Å². The Labute approximate surface area is 497 Å². The number of H-pyrrole nitrogens is 4. The van der Waals surface area contributed by atoms with Gasteiger partial charge in [0.1, 0.15) is 23.3 Å². The Hall–Kier alpha value is -4.76. The Morgan fingerprint density at radius 1 is 0.506 bits per heavy atom. The number of aromatic nitrogens is 8. The standard InChI is InChI=1S/2C30H43N7O2.Ca/c2*1-3-25(4-2)36-15-9-30(10-16-36)17-26(29(38)39)37(22-30)19-24-7-5-23(6-8-24)18-35(20-27-31-11-12-32-27)21-28-33-13-14-34-28;/h2*5-8,11-14,25-26H,3-4,9-10,15-22H2,1-2H3,(H,31,32)(H,33,34)(H,38,39);/q;;+2/p-2/t2*26-;/m11./s1. The minimum atomic E-state index is -0.933. The number of nitrogens with zero attached hydrogens (tertiary/aromatic N) is 10. The van der Waals surface area contributed by atoms with Gasteiger partial charge in [0.25, 0.3) is 0 Å². The number of hydrogen-bond acceptors (Lipinski definition) is 14. The number of piperidine rings is 2. The number of aliphatic carboxylic acids is 2. The first-order valence-corrected chi connectivity index (χ1v) is 28.8. The van der Waals surface area contributed by atoms with E-state index in [1.54, 1.807) is 24.8 Å². The number of rotatable bonds is 24. The van der Waals surface area contributed by atoms with Crippen molar-refractivity contribution in [1.29, 1.82) is 0 Å². The van der Waals surface area contributed by atoms with Crippen LogP contribution in [-0.2, 0) is 61.9 Å². The fourth-order valence-electron chi connectivity index (χ4n) is 13.4. The van der Waals surface area contributed by atoms with Crippen LogP contribution in [0.15, 0.2) is 98.1 Å². The molecule has 0 amide bonds. The van der Waals surface area contributed by atoms with Crippen LogP contribution in [0.3, 0.4) is 0 Å². The molecule has 19 heteroatoms. The molecule has 79 heavy (non-hydrogen) atoms. The third kappa shape index (κ3) is 16.3. The molecule has 18 nitrogen and oxygen atoms in total. The van der Waals surface area contributed by atoms with Crippen molar-refractivity contribution in [3.63, 3.8) is 0 Å². The molecule has 2 aromatic carbocycles. The quantitative estimate of drug-likeness (QED) is 0.0553. The van der Waals surface area contributed by atoms with E-state index >= 15 is 0 Å². The van der Waals surface area contributed by atoms with Gasteiger partial charge in [0.2, 0.25) is 0 Å². The number of carbonyl (C=O) groups excluding carboxylic acids is 2. The topological polar surface area (TPSA) is 214 Å². The number of likely N-dealkylation sites (tertiary alicyclic amines) is 4. The van der Waals surface area contributed by atoms with Crippen LogP contribution < -0.4 is 10.2 Å². The Bertz CT molecular complexity index is 2420. The molecule has 2 atom stereocenters. The zero-order chi connectivity index (χ0) is 54.5. The van der Waals surface area contributed by atoms with Crippen molar-refractivity contribution in [2.24, 2.45) is 10.8 Å². The minimum absolute atomic E-state index is 0. The summed E-state index contributed by atoms with van der Waals surface area (Å²) in [6.07, 6.45) is 24.9. The molecule has 4 fully saturated rings. The largest absolute Gasteiger partial charge is 2.00 e. The maximum atomic E-state index is 12.1. The Kier molecular flexibility index (Phi) is 22.0. The molecule has 4 N–H and O–H groups in total. The zero-order valence-electron chi connectivity index (χ0n) is 47.3. The van der Waals surface area contributed by atoms with E-state index in [9.17, 15) is 19.8 Å². The van der Waals surface area contributed by atoms with Gasteiger partial charge in [-0.05, 0) is 123 Å². The Morgan fingerprint density at radius 3 is 1.05 bits per heavy atom. The summed E-state index contributed by atoms with van der Waals surface area (Å²) in [7, 11) is 0. The third-order valence-corrected chi connectivity index (χ3v) is 17.7. The van der Waals surface area contributed by atoms with Gasteiger partial charge < -0.3 is 49.5 Å². The van der Waals surface area contributed by atoms with Gasteiger partial charge in [-0.3, -0.25) is 19.6 Å². The van der Waals surface area contributed by atoms with Gasteiger partial charge in [0, 0.05) is 101 Å². The fourth-order valence-corrected chi connectivity index (χ4v) is 13.4. The maximum absolute atomic E-state index is 12.1. The van der Waals surface area contributed by atoms with Gasteiger partial charge in [-0.1, -0.05) is 76.2 Å². The summed E-state index contributed by atoms with van der Waals surface area (Å²) < 4.78 is 0. The number of benzene rings is 2. The summed E-state index contributed by atoms with van der Waals surface area (Å²) in [5, 5.41) is 24.3. The van der Waals surface area contributed by atoms with Gasteiger partial charge >= 0.3 is 37.7 Å². The van der Waals surface area contributed by atoms with E-state index in [1.807, 2.05) is 24.8 Å². The molecule has 0 radical (unpaired) electrons. The van der Waals surface area contributed by atoms with E-state index in [-0.39, 0.29) is 48.6 Å². The van der Waals surface area contributed by atoms with Gasteiger partial charge in [-0.15, -0.1) is 0 Å². The van der Waals surface area contributed by atoms with Crippen LogP contribution in [0.5, 0.6) is 0 Å². The van der Waals surface area contributed by atoms with E-state index in [1.165, 1.54) is 36.8 Å². The number of carbonyl (C=O) groups is 2. The van der Waals surface area contributed by atoms with E-state index in [2.05, 4.69) is 145 Å². The summed E-state index contributed by atoms with van der Waals surface area (Å²) in [6.45, 7) is 20.6. The van der Waals surface area contributed by atoms with Gasteiger partial charge in [-0.2, -0.15) is 0 Å². The molecule has 420 valence electrons. The maximum Gasteiger partial charge on any atom is 2.00 e. The van der Waals surface area contributed by atoms with Gasteiger partial charge in [0.15, 0.2) is 0 Å². The summed E-state index contributed by atoms with van der Waals surface area (Å²) in [6, 6.07) is 17.4. The van der Waals surface area contributed by atoms with Crippen LogP contribution in [-0.4, -0.2) is 182 Å². The first-order valence-electron chi connectivity index (χ1n) is 28.8. The molecule has 10 rings (SSSR count). The molecule has 4 aliphatic rings. The second-order valence-electron chi connectivity index (χ2n) is 23.0. The van der Waals surface area contributed by atoms with Crippen LogP contribution in [0.25, 0.3) is 0 Å². The third-order valence-electron chi connectivity index (χ3n) is 17.7. The van der Waals surface area contributed by atoms with Crippen LogP contribution >= 0.6 is 0 Å². The average molecular weight is 1110 g/mol. The van der Waals surface area contributed by atoms with Crippen molar-refractivity contribution >= 4 is 49.7 Å². The fraction of sp³-hybridized carbons (Fsp3) is 0.567. The van der Waals surface area contributed by atoms with Crippen molar-refractivity contribution in [1.82, 2.24) is 69.3 Å². The number of nitrogens with one attached hydrogen (secondary N) is 4. The summed E-state index contributed by atoms with van der Waals surface area (Å²) in [5.41, 5.74) is 4.84. The Balaban J connectivity index is 0.000000205. The monoisotopic (exact) mass is 1100 g/mol. The summed E-state index contributed by atoms with van der Waals surface area (Å²) >= 11 is 0. The molecule has 0 saturated carbocycles. The zero-order valence-corrected chi connectivity index (χ0v) is 49.5. The van der Waals surface area contributed by atoms with E-state index in [0.717, 1.165) is 112 Å². The predicted molar refractivity (Wildman–Crippen MR) is 302 cm³/mol. The number of imidazole rings is 4. The van der Waals surface area contributed by atoms with Crippen LogP contribution in [0.4, 0.5) is 0 Å². The van der Waals surface area contributed by atoms with Crippen molar-refractivity contribution in [3.8, 4) is 0 Å². The van der Waals surface area contributed by atoms with Crippen molar-refractivity contribution in [3.05, 3.63) is 144 Å². The first kappa shape index (κ1) is 60.3. The number of hydrogen-bond donors (Lipinski definition) is 4. The predicted octanol–water partition coefficient (Wildman–Crippen LogP) is 5.48. The minimum Gasteiger partial charge on any atom is -0.548 e. The average Bonchev–Trinajstić information content (AvgIpc) is 4.46. The van der Waals surface area contributed by atoms with Crippen molar-refractivity contribution in [2.75, 3.05) is 39.3 Å². The van der Waals surface area contributed by atoms with Crippen LogP contribution in [0, 0.1) is 10.8 Å². The Morgan fingerprint density at radius 2 is 0.797 bits per heavy atom. The van der Waals surface area contributed by atoms with E-state index in [0.29, 0.717) is 64.2 Å². The molecule has 8 heterocycles. The molecule has 4 saturated heterocycles. The molecule has 4 aromatic heterocycles. The van der Waals surface area contributed by atoms with Crippen molar-refractivity contribution in [2.45, 2.75) is 168 Å². The first-order chi connectivity index (χ1) is 37.9. The number of aromatic amines is 4. The molecule has 0 aliphatic carbocycles. The van der Waals surface area contributed by atoms with E-state index in [4.69, 9.17) is 0 Å². The second-order valence-corrected chi connectivity index (χ2v) is 23.0. The molecule has 2 spiro atoms.